The van der Waals surface area contributed by atoms with Crippen molar-refractivity contribution in [3.63, 3.8) is 0 Å². The van der Waals surface area contributed by atoms with Crippen LogP contribution in [-0.2, 0) is 0 Å². The number of rotatable bonds is 7. The second-order valence-electron chi connectivity index (χ2n) is 5.99. The van der Waals surface area contributed by atoms with Crippen molar-refractivity contribution in [3.05, 3.63) is 88.0 Å². The number of aliphatic imine (C=N–C) groups is 2. The van der Waals surface area contributed by atoms with Gasteiger partial charge in [0.2, 0.25) is 0 Å². The Morgan fingerprint density at radius 1 is 0.793 bits per heavy atom. The first kappa shape index (κ1) is 19.8. The van der Waals surface area contributed by atoms with Crippen molar-refractivity contribution < 1.29 is 14.4 Å². The smallest absolute Gasteiger partial charge is 0.296 e. The molecule has 0 unspecified atom stereocenters. The third-order valence-electron chi connectivity index (χ3n) is 4.10. The lowest BCUT2D eigenvalue weighted by Crippen LogP contribution is -1.89. The Morgan fingerprint density at radius 3 is 1.79 bits per heavy atom. The maximum absolute atomic E-state index is 11.5. The van der Waals surface area contributed by atoms with E-state index in [1.54, 1.807) is 50.9 Å². The van der Waals surface area contributed by atoms with E-state index in [1.165, 1.54) is 6.07 Å². The van der Waals surface area contributed by atoms with Gasteiger partial charge in [0.25, 0.3) is 5.69 Å². The van der Waals surface area contributed by atoms with E-state index in [9.17, 15) is 10.1 Å². The third kappa shape index (κ3) is 5.26. The van der Waals surface area contributed by atoms with Crippen LogP contribution in [0, 0.1) is 10.1 Å². The summed E-state index contributed by atoms with van der Waals surface area (Å²) >= 11 is 0. The summed E-state index contributed by atoms with van der Waals surface area (Å²) in [6.45, 7) is 0. The van der Waals surface area contributed by atoms with Crippen LogP contribution < -0.4 is 9.47 Å². The highest BCUT2D eigenvalue weighted by molar-refractivity contribution is 5.85. The molecule has 3 aromatic carbocycles. The van der Waals surface area contributed by atoms with Gasteiger partial charge in [0.15, 0.2) is 0 Å². The van der Waals surface area contributed by atoms with E-state index in [1.807, 2.05) is 36.4 Å². The standard InChI is InChI=1S/C22H19N3O4/c1-28-19-8-3-16(4-9-19)14-23-18-7-12-21(22(13-18)25(26)27)24-15-17-5-10-20(29-2)11-6-17/h3-15H,1-2H3. The summed E-state index contributed by atoms with van der Waals surface area (Å²) in [7, 11) is 3.19. The van der Waals surface area contributed by atoms with Crippen LogP contribution >= 0.6 is 0 Å². The molecule has 0 N–H and O–H groups in total. The maximum Gasteiger partial charge on any atom is 0.296 e. The molecular weight excluding hydrogens is 370 g/mol. The van der Waals surface area contributed by atoms with Gasteiger partial charge in [-0.05, 0) is 71.8 Å². The van der Waals surface area contributed by atoms with E-state index in [4.69, 9.17) is 9.47 Å². The van der Waals surface area contributed by atoms with Crippen LogP contribution in [0.1, 0.15) is 11.1 Å². The van der Waals surface area contributed by atoms with E-state index >= 15 is 0 Å². The van der Waals surface area contributed by atoms with E-state index < -0.39 is 4.92 Å². The van der Waals surface area contributed by atoms with Gasteiger partial charge in [0.05, 0.1) is 24.8 Å². The summed E-state index contributed by atoms with van der Waals surface area (Å²) in [5.74, 6) is 1.48. The van der Waals surface area contributed by atoms with Crippen LogP contribution in [0.25, 0.3) is 0 Å². The van der Waals surface area contributed by atoms with Crippen LogP contribution in [0.4, 0.5) is 17.1 Å². The number of methoxy groups -OCH3 is 2. The van der Waals surface area contributed by atoms with Crippen LogP contribution in [0.3, 0.4) is 0 Å². The summed E-state index contributed by atoms with van der Waals surface area (Å²) in [5.41, 5.74) is 2.28. The molecule has 7 nitrogen and oxygen atoms in total. The predicted octanol–water partition coefficient (Wildman–Crippen LogP) is 5.11. The average molecular weight is 389 g/mol. The minimum absolute atomic E-state index is 0.112. The molecule has 7 heteroatoms. The van der Waals surface area contributed by atoms with E-state index in [-0.39, 0.29) is 11.4 Å². The summed E-state index contributed by atoms with van der Waals surface area (Å²) < 4.78 is 10.2. The highest BCUT2D eigenvalue weighted by Gasteiger charge is 2.13. The molecule has 0 amide bonds. The second-order valence-corrected chi connectivity index (χ2v) is 5.99. The van der Waals surface area contributed by atoms with E-state index in [0.717, 1.165) is 22.6 Å². The zero-order valence-corrected chi connectivity index (χ0v) is 16.0. The molecule has 0 atom stereocenters. The normalized spacial score (nSPS) is 11.1. The number of benzene rings is 3. The maximum atomic E-state index is 11.5. The fourth-order valence-electron chi connectivity index (χ4n) is 2.52. The number of nitro groups is 1. The highest BCUT2D eigenvalue weighted by atomic mass is 16.6. The Kier molecular flexibility index (Phi) is 6.32. The van der Waals surface area contributed by atoms with Gasteiger partial charge in [-0.25, -0.2) is 4.99 Å². The van der Waals surface area contributed by atoms with Gasteiger partial charge < -0.3 is 9.47 Å². The van der Waals surface area contributed by atoms with Crippen molar-refractivity contribution in [2.24, 2.45) is 9.98 Å². The lowest BCUT2D eigenvalue weighted by molar-refractivity contribution is -0.384. The van der Waals surface area contributed by atoms with Crippen LogP contribution in [0.5, 0.6) is 11.5 Å². The Labute approximate surface area is 168 Å². The zero-order chi connectivity index (χ0) is 20.6. The Morgan fingerprint density at radius 2 is 1.31 bits per heavy atom. The molecule has 0 bridgehead atoms. The number of hydrogen-bond donors (Lipinski definition) is 0. The highest BCUT2D eigenvalue weighted by Crippen LogP contribution is 2.31. The van der Waals surface area contributed by atoms with Gasteiger partial charge in [0.1, 0.15) is 17.2 Å². The molecule has 0 aliphatic heterocycles. The van der Waals surface area contributed by atoms with E-state index in [0.29, 0.717) is 5.69 Å². The van der Waals surface area contributed by atoms with Crippen LogP contribution in [0.15, 0.2) is 76.7 Å². The summed E-state index contributed by atoms with van der Waals surface area (Å²) in [6.07, 6.45) is 3.21. The number of nitro benzene ring substituents is 1. The molecule has 0 fully saturated rings. The number of nitrogens with zero attached hydrogens (tertiary/aromatic N) is 3. The van der Waals surface area contributed by atoms with E-state index in [2.05, 4.69) is 9.98 Å². The summed E-state index contributed by atoms with van der Waals surface area (Å²) in [5, 5.41) is 11.5. The first-order chi connectivity index (χ1) is 14.1. The second kappa shape index (κ2) is 9.27. The molecule has 0 heterocycles. The Bertz CT molecular complexity index is 1040. The van der Waals surface area contributed by atoms with Gasteiger partial charge in [-0.1, -0.05) is 0 Å². The fourth-order valence-corrected chi connectivity index (χ4v) is 2.52. The van der Waals surface area contributed by atoms with Crippen molar-refractivity contribution in [3.8, 4) is 11.5 Å². The summed E-state index contributed by atoms with van der Waals surface area (Å²) in [6, 6.07) is 19.3. The summed E-state index contributed by atoms with van der Waals surface area (Å²) in [4.78, 5) is 19.6. The molecule has 3 aromatic rings. The van der Waals surface area contributed by atoms with Gasteiger partial charge in [-0.15, -0.1) is 0 Å². The van der Waals surface area contributed by atoms with Gasteiger partial charge in [0, 0.05) is 18.5 Å². The quantitative estimate of drug-likeness (QED) is 0.319. The van der Waals surface area contributed by atoms with Gasteiger partial charge >= 0.3 is 0 Å². The molecule has 0 saturated carbocycles. The first-order valence-electron chi connectivity index (χ1n) is 8.74. The number of hydrogen-bond acceptors (Lipinski definition) is 6. The molecule has 0 radical (unpaired) electrons. The molecule has 0 aliphatic carbocycles. The zero-order valence-electron chi connectivity index (χ0n) is 16.0. The lowest BCUT2D eigenvalue weighted by atomic mass is 10.2. The van der Waals surface area contributed by atoms with Crippen molar-refractivity contribution >= 4 is 29.5 Å². The van der Waals surface area contributed by atoms with Gasteiger partial charge in [-0.2, -0.15) is 0 Å². The van der Waals surface area contributed by atoms with Crippen LogP contribution in [-0.4, -0.2) is 31.6 Å². The Balaban J connectivity index is 1.81. The largest absolute Gasteiger partial charge is 0.497 e. The minimum Gasteiger partial charge on any atom is -0.497 e. The van der Waals surface area contributed by atoms with Crippen molar-refractivity contribution in [2.75, 3.05) is 14.2 Å². The van der Waals surface area contributed by atoms with Gasteiger partial charge in [-0.3, -0.25) is 15.1 Å². The molecule has 0 aliphatic rings. The molecule has 0 saturated heterocycles. The van der Waals surface area contributed by atoms with Crippen LogP contribution in [0.2, 0.25) is 0 Å². The molecule has 0 aromatic heterocycles. The predicted molar refractivity (Wildman–Crippen MR) is 114 cm³/mol. The molecule has 146 valence electrons. The monoisotopic (exact) mass is 389 g/mol. The molecule has 29 heavy (non-hydrogen) atoms. The van der Waals surface area contributed by atoms with Crippen molar-refractivity contribution in [1.29, 1.82) is 0 Å². The lowest BCUT2D eigenvalue weighted by Gasteiger charge is -2.01. The number of ether oxygens (including phenoxy) is 2. The van der Waals surface area contributed by atoms with Crippen molar-refractivity contribution in [2.45, 2.75) is 0 Å². The average Bonchev–Trinajstić information content (AvgIpc) is 2.77. The first-order valence-corrected chi connectivity index (χ1v) is 8.74. The topological polar surface area (TPSA) is 86.3 Å². The van der Waals surface area contributed by atoms with Crippen molar-refractivity contribution in [1.82, 2.24) is 0 Å². The minimum atomic E-state index is -0.465. The molecule has 0 spiro atoms. The molecular formula is C22H19N3O4. The molecule has 3 rings (SSSR count). The SMILES string of the molecule is COc1ccc(C=Nc2ccc(N=Cc3ccc(OC)cc3)c([N+](=O)[O-])c2)cc1. The fraction of sp³-hybridized carbons (Fsp3) is 0.0909. The Hall–Kier alpha value is -4.00. The third-order valence-corrected chi connectivity index (χ3v) is 4.10.